The van der Waals surface area contributed by atoms with E-state index in [1.165, 1.54) is 0 Å². The number of aromatic nitrogens is 1. The number of hydrogen-bond donors (Lipinski definition) is 1. The molecule has 5 nitrogen and oxygen atoms in total. The predicted molar refractivity (Wildman–Crippen MR) is 89.4 cm³/mol. The molecule has 5 heteroatoms. The van der Waals surface area contributed by atoms with E-state index in [0.29, 0.717) is 24.3 Å². The summed E-state index contributed by atoms with van der Waals surface area (Å²) in [6.45, 7) is 2.03. The van der Waals surface area contributed by atoms with Gasteiger partial charge in [-0.15, -0.1) is 0 Å². The van der Waals surface area contributed by atoms with Crippen molar-refractivity contribution in [3.63, 3.8) is 0 Å². The maximum atomic E-state index is 12.4. The second-order valence-electron chi connectivity index (χ2n) is 7.04. The summed E-state index contributed by atoms with van der Waals surface area (Å²) in [4.78, 5) is 16.7. The van der Waals surface area contributed by atoms with Crippen LogP contribution in [-0.4, -0.2) is 30.2 Å². The van der Waals surface area contributed by atoms with Gasteiger partial charge >= 0.3 is 0 Å². The van der Waals surface area contributed by atoms with Gasteiger partial charge < -0.3 is 14.8 Å². The molecule has 1 aliphatic heterocycles. The van der Waals surface area contributed by atoms with Crippen LogP contribution in [0.25, 0.3) is 0 Å². The van der Waals surface area contributed by atoms with Gasteiger partial charge in [0.05, 0.1) is 13.2 Å². The molecule has 0 spiro atoms. The highest BCUT2D eigenvalue weighted by molar-refractivity contribution is 5.80. The van der Waals surface area contributed by atoms with Gasteiger partial charge in [-0.25, -0.2) is 4.98 Å². The van der Waals surface area contributed by atoms with Crippen LogP contribution in [0.15, 0.2) is 30.5 Å². The van der Waals surface area contributed by atoms with E-state index in [1.807, 2.05) is 12.1 Å². The number of amides is 1. The van der Waals surface area contributed by atoms with Gasteiger partial charge in [-0.3, -0.25) is 4.79 Å². The van der Waals surface area contributed by atoms with E-state index in [0.717, 1.165) is 44.5 Å². The lowest BCUT2D eigenvalue weighted by Gasteiger charge is -2.23. The summed E-state index contributed by atoms with van der Waals surface area (Å²) in [6.07, 6.45) is 10.4. The molecule has 0 aromatic carbocycles. The fourth-order valence-corrected chi connectivity index (χ4v) is 3.99. The van der Waals surface area contributed by atoms with E-state index in [9.17, 15) is 4.79 Å². The van der Waals surface area contributed by atoms with Gasteiger partial charge in [-0.2, -0.15) is 0 Å². The van der Waals surface area contributed by atoms with Crippen molar-refractivity contribution in [2.24, 2.45) is 17.8 Å². The molecule has 3 atom stereocenters. The lowest BCUT2D eigenvalue weighted by Crippen LogP contribution is -2.32. The predicted octanol–water partition coefficient (Wildman–Crippen LogP) is 2.47. The first-order valence-electron chi connectivity index (χ1n) is 8.93. The molecular weight excluding hydrogens is 304 g/mol. The van der Waals surface area contributed by atoms with E-state index in [1.54, 1.807) is 6.20 Å². The number of nitrogens with zero attached hydrogens (tertiary/aromatic N) is 1. The third kappa shape index (κ3) is 3.46. The Morgan fingerprint density at radius 1 is 1.29 bits per heavy atom. The number of pyridine rings is 1. The average molecular weight is 328 g/mol. The van der Waals surface area contributed by atoms with Gasteiger partial charge in [-0.1, -0.05) is 12.2 Å². The number of carbonyl (C=O) groups excluding carboxylic acids is 1. The summed E-state index contributed by atoms with van der Waals surface area (Å²) in [5.74, 6) is 2.03. The summed E-state index contributed by atoms with van der Waals surface area (Å²) in [5, 5.41) is 3.08. The third-order valence-electron chi connectivity index (χ3n) is 5.34. The average Bonchev–Trinajstić information content (AvgIpc) is 3.24. The van der Waals surface area contributed by atoms with E-state index >= 15 is 0 Å². The molecule has 1 aromatic rings. The summed E-state index contributed by atoms with van der Waals surface area (Å²) in [6, 6.07) is 3.86. The zero-order valence-electron chi connectivity index (χ0n) is 13.8. The van der Waals surface area contributed by atoms with E-state index < -0.39 is 0 Å². The number of allylic oxidation sites excluding steroid dienone is 2. The van der Waals surface area contributed by atoms with Crippen molar-refractivity contribution in [3.05, 3.63) is 36.0 Å². The van der Waals surface area contributed by atoms with Crippen molar-refractivity contribution in [3.8, 4) is 5.88 Å². The van der Waals surface area contributed by atoms with Crippen LogP contribution < -0.4 is 10.1 Å². The number of hydrogen-bond acceptors (Lipinski definition) is 4. The molecule has 0 unspecified atom stereocenters. The van der Waals surface area contributed by atoms with Crippen molar-refractivity contribution < 1.29 is 14.3 Å². The highest BCUT2D eigenvalue weighted by Crippen LogP contribution is 2.43. The maximum absolute atomic E-state index is 12.4. The molecule has 2 heterocycles. The molecule has 4 rings (SSSR count). The topological polar surface area (TPSA) is 60.5 Å². The summed E-state index contributed by atoms with van der Waals surface area (Å²) >= 11 is 0. The summed E-state index contributed by atoms with van der Waals surface area (Å²) < 4.78 is 11.3. The van der Waals surface area contributed by atoms with Crippen molar-refractivity contribution in [2.75, 3.05) is 13.2 Å². The molecule has 2 fully saturated rings. The molecular formula is C19H24N2O3. The minimum absolute atomic E-state index is 0.153. The minimum atomic E-state index is 0.153. The van der Waals surface area contributed by atoms with Gasteiger partial charge in [0.2, 0.25) is 11.8 Å². The number of fused-ring (bicyclic) bond motifs is 2. The highest BCUT2D eigenvalue weighted by atomic mass is 16.5. The first kappa shape index (κ1) is 15.6. The molecule has 2 bridgehead atoms. The molecule has 24 heavy (non-hydrogen) atoms. The Balaban J connectivity index is 1.30. The lowest BCUT2D eigenvalue weighted by molar-refractivity contribution is -0.125. The Kier molecular flexibility index (Phi) is 4.52. The minimum Gasteiger partial charge on any atom is -0.474 e. The van der Waals surface area contributed by atoms with Crippen LogP contribution in [0.2, 0.25) is 0 Å². The monoisotopic (exact) mass is 328 g/mol. The molecule has 1 saturated carbocycles. The van der Waals surface area contributed by atoms with Crippen LogP contribution in [0, 0.1) is 17.8 Å². The van der Waals surface area contributed by atoms with Crippen molar-refractivity contribution in [1.29, 1.82) is 0 Å². The molecule has 0 radical (unpaired) electrons. The van der Waals surface area contributed by atoms with Crippen LogP contribution in [0.3, 0.4) is 0 Å². The maximum Gasteiger partial charge on any atom is 0.223 e. The number of carbonyl (C=O) groups is 1. The zero-order valence-corrected chi connectivity index (χ0v) is 13.8. The van der Waals surface area contributed by atoms with Crippen LogP contribution in [0.4, 0.5) is 0 Å². The van der Waals surface area contributed by atoms with Crippen LogP contribution in [0.5, 0.6) is 5.88 Å². The number of rotatable bonds is 5. The first-order chi connectivity index (χ1) is 11.8. The van der Waals surface area contributed by atoms with Crippen molar-refractivity contribution >= 4 is 5.91 Å². The first-order valence-corrected chi connectivity index (χ1v) is 8.93. The van der Waals surface area contributed by atoms with Gasteiger partial charge in [-0.05, 0) is 36.3 Å². The number of ether oxygens (including phenoxy) is 2. The Labute approximate surface area is 142 Å². The van der Waals surface area contributed by atoms with E-state index in [2.05, 4.69) is 22.5 Å². The molecule has 1 amide bonds. The second kappa shape index (κ2) is 6.93. The Bertz CT molecular complexity index is 625. The standard InChI is InChI=1S/C19H24N2O3/c22-19(17-10-13-1-2-15(17)9-13)21-12-14-3-6-20-18(11-14)24-16-4-7-23-8-5-16/h1-3,6,11,13,15-17H,4-5,7-10,12H2,(H,21,22)/t13-,15-,17-/m0/s1. The highest BCUT2D eigenvalue weighted by Gasteiger charge is 2.39. The third-order valence-corrected chi connectivity index (χ3v) is 5.34. The fraction of sp³-hybridized carbons (Fsp3) is 0.579. The Hall–Kier alpha value is -1.88. The van der Waals surface area contributed by atoms with Gasteiger partial charge in [0.1, 0.15) is 6.10 Å². The molecule has 2 aliphatic carbocycles. The summed E-state index contributed by atoms with van der Waals surface area (Å²) in [7, 11) is 0. The van der Waals surface area contributed by atoms with Gasteiger partial charge in [0.25, 0.3) is 0 Å². The smallest absolute Gasteiger partial charge is 0.223 e. The molecule has 3 aliphatic rings. The Morgan fingerprint density at radius 3 is 2.92 bits per heavy atom. The lowest BCUT2D eigenvalue weighted by atomic mass is 9.93. The largest absolute Gasteiger partial charge is 0.474 e. The van der Waals surface area contributed by atoms with Crippen LogP contribution in [0.1, 0.15) is 31.2 Å². The van der Waals surface area contributed by atoms with E-state index in [-0.39, 0.29) is 17.9 Å². The Morgan fingerprint density at radius 2 is 2.17 bits per heavy atom. The molecule has 1 saturated heterocycles. The molecule has 1 aromatic heterocycles. The molecule has 1 N–H and O–H groups in total. The van der Waals surface area contributed by atoms with Crippen molar-refractivity contribution in [2.45, 2.75) is 38.3 Å². The van der Waals surface area contributed by atoms with Gasteiger partial charge in [0, 0.05) is 37.6 Å². The summed E-state index contributed by atoms with van der Waals surface area (Å²) in [5.41, 5.74) is 1.03. The zero-order chi connectivity index (χ0) is 16.4. The quantitative estimate of drug-likeness (QED) is 0.844. The van der Waals surface area contributed by atoms with Gasteiger partial charge in [0.15, 0.2) is 0 Å². The number of nitrogens with one attached hydrogen (secondary N) is 1. The second-order valence-corrected chi connectivity index (χ2v) is 7.04. The normalized spacial score (nSPS) is 28.9. The molecule has 128 valence electrons. The SMILES string of the molecule is O=C(NCc1ccnc(OC2CCOCC2)c1)[C@H]1C[C@H]2C=C[C@H]1C2. The van der Waals surface area contributed by atoms with E-state index in [4.69, 9.17) is 9.47 Å². The van der Waals surface area contributed by atoms with Crippen LogP contribution >= 0.6 is 0 Å². The van der Waals surface area contributed by atoms with Crippen molar-refractivity contribution in [1.82, 2.24) is 10.3 Å². The fourth-order valence-electron chi connectivity index (χ4n) is 3.99. The van der Waals surface area contributed by atoms with Crippen LogP contribution in [-0.2, 0) is 16.1 Å².